The molecule has 0 aliphatic carbocycles. The molecule has 4 nitrogen and oxygen atoms in total. The second-order valence-corrected chi connectivity index (χ2v) is 4.59. The van der Waals surface area contributed by atoms with E-state index in [1.165, 1.54) is 9.75 Å². The number of aryl methyl sites for hydroxylation is 1. The Kier molecular flexibility index (Phi) is 3.13. The third-order valence-corrected chi connectivity index (χ3v) is 3.49. The predicted octanol–water partition coefficient (Wildman–Crippen LogP) is 1.70. The molecule has 0 fully saturated rings. The average molecular weight is 223 g/mol. The van der Waals surface area contributed by atoms with Crippen LogP contribution in [0.3, 0.4) is 0 Å². The molecule has 0 amide bonds. The van der Waals surface area contributed by atoms with E-state index in [1.54, 1.807) is 17.5 Å². The van der Waals surface area contributed by atoms with Crippen molar-refractivity contribution in [2.24, 2.45) is 0 Å². The molecule has 0 aromatic carbocycles. The van der Waals surface area contributed by atoms with Gasteiger partial charge in [-0.15, -0.1) is 11.3 Å². The molecule has 2 aromatic rings. The van der Waals surface area contributed by atoms with Crippen molar-refractivity contribution in [1.82, 2.24) is 15.4 Å². The quantitative estimate of drug-likeness (QED) is 0.829. The molecule has 2 N–H and O–H groups in total. The molecule has 2 heterocycles. The molecular weight excluding hydrogens is 210 g/mol. The minimum absolute atomic E-state index is 0.563. The molecule has 0 aliphatic heterocycles. The molecular formula is C10H13N3OS. The van der Waals surface area contributed by atoms with Crippen LogP contribution in [0, 0.1) is 0 Å². The number of hydrogen-bond donors (Lipinski definition) is 2. The summed E-state index contributed by atoms with van der Waals surface area (Å²) in [5, 5.41) is 19.9. The van der Waals surface area contributed by atoms with Crippen molar-refractivity contribution >= 4 is 11.3 Å². The molecule has 0 saturated heterocycles. The maximum atomic E-state index is 9.83. The van der Waals surface area contributed by atoms with Crippen molar-refractivity contribution in [2.45, 2.75) is 25.9 Å². The van der Waals surface area contributed by atoms with Gasteiger partial charge in [0.2, 0.25) is 0 Å². The molecule has 15 heavy (non-hydrogen) atoms. The first kappa shape index (κ1) is 10.3. The number of aromatic amines is 1. The fraction of sp³-hybridized carbons (Fsp3) is 0.400. The van der Waals surface area contributed by atoms with E-state index in [1.807, 2.05) is 0 Å². The summed E-state index contributed by atoms with van der Waals surface area (Å²) >= 11 is 1.74. The van der Waals surface area contributed by atoms with Crippen molar-refractivity contribution in [2.75, 3.05) is 0 Å². The van der Waals surface area contributed by atoms with Crippen LogP contribution in [0.5, 0.6) is 0 Å². The summed E-state index contributed by atoms with van der Waals surface area (Å²) in [4.78, 5) is 2.53. The van der Waals surface area contributed by atoms with Gasteiger partial charge in [-0.3, -0.25) is 0 Å². The van der Waals surface area contributed by atoms with Gasteiger partial charge in [0.15, 0.2) is 0 Å². The van der Waals surface area contributed by atoms with E-state index >= 15 is 0 Å². The molecule has 0 bridgehead atoms. The van der Waals surface area contributed by atoms with Gasteiger partial charge in [0.05, 0.1) is 6.20 Å². The lowest BCUT2D eigenvalue weighted by Crippen LogP contribution is -2.00. The molecule has 0 spiro atoms. The fourth-order valence-electron chi connectivity index (χ4n) is 1.39. The van der Waals surface area contributed by atoms with Gasteiger partial charge in [-0.1, -0.05) is 6.92 Å². The average Bonchev–Trinajstić information content (AvgIpc) is 2.87. The predicted molar refractivity (Wildman–Crippen MR) is 58.7 cm³/mol. The lowest BCUT2D eigenvalue weighted by atomic mass is 10.2. The first-order valence-electron chi connectivity index (χ1n) is 4.91. The molecule has 1 atom stereocenters. The Morgan fingerprint density at radius 2 is 2.27 bits per heavy atom. The van der Waals surface area contributed by atoms with Crippen LogP contribution in [-0.4, -0.2) is 20.5 Å². The molecule has 0 radical (unpaired) electrons. The standard InChI is InChI=1S/C10H13N3OS/c1-2-7-3-4-8(15-7)5-10(14)9-6-11-13-12-9/h3-4,6,10,14H,2,5H2,1H3,(H,11,12,13). The normalized spacial score (nSPS) is 12.9. The van der Waals surface area contributed by atoms with Gasteiger partial charge >= 0.3 is 0 Å². The number of hydrogen-bond acceptors (Lipinski definition) is 4. The monoisotopic (exact) mass is 223 g/mol. The van der Waals surface area contributed by atoms with Gasteiger partial charge in [0, 0.05) is 16.2 Å². The summed E-state index contributed by atoms with van der Waals surface area (Å²) in [5.41, 5.74) is 0.599. The Bertz CT molecular complexity index is 410. The van der Waals surface area contributed by atoms with Gasteiger partial charge in [0.1, 0.15) is 11.8 Å². The zero-order valence-corrected chi connectivity index (χ0v) is 9.29. The fourth-order valence-corrected chi connectivity index (χ4v) is 2.38. The second-order valence-electron chi connectivity index (χ2n) is 3.34. The van der Waals surface area contributed by atoms with Crippen molar-refractivity contribution in [3.05, 3.63) is 33.8 Å². The van der Waals surface area contributed by atoms with Gasteiger partial charge in [0.25, 0.3) is 0 Å². The maximum absolute atomic E-state index is 9.83. The van der Waals surface area contributed by atoms with Crippen molar-refractivity contribution in [3.63, 3.8) is 0 Å². The van der Waals surface area contributed by atoms with Gasteiger partial charge in [-0.05, 0) is 18.6 Å². The van der Waals surface area contributed by atoms with Crippen LogP contribution in [0.25, 0.3) is 0 Å². The molecule has 2 aromatic heterocycles. The Balaban J connectivity index is 2.02. The SMILES string of the molecule is CCc1ccc(CC(O)c2cn[nH]n2)s1. The molecule has 0 aliphatic rings. The van der Waals surface area contributed by atoms with Gasteiger partial charge in [-0.2, -0.15) is 15.4 Å². The Hall–Kier alpha value is -1.20. The number of aromatic nitrogens is 3. The Morgan fingerprint density at radius 1 is 1.47 bits per heavy atom. The van der Waals surface area contributed by atoms with Crippen LogP contribution in [0.1, 0.15) is 28.5 Å². The molecule has 0 saturated carbocycles. The van der Waals surface area contributed by atoms with E-state index in [4.69, 9.17) is 0 Å². The van der Waals surface area contributed by atoms with E-state index in [-0.39, 0.29) is 0 Å². The highest BCUT2D eigenvalue weighted by Gasteiger charge is 2.12. The van der Waals surface area contributed by atoms with Crippen LogP contribution in [0.4, 0.5) is 0 Å². The number of thiophene rings is 1. The topological polar surface area (TPSA) is 61.8 Å². The lowest BCUT2D eigenvalue weighted by molar-refractivity contribution is 0.174. The van der Waals surface area contributed by atoms with E-state index in [2.05, 4.69) is 34.5 Å². The number of aliphatic hydroxyl groups is 1. The zero-order valence-electron chi connectivity index (χ0n) is 8.47. The van der Waals surface area contributed by atoms with Gasteiger partial charge in [-0.25, -0.2) is 0 Å². The molecule has 5 heteroatoms. The number of H-pyrrole nitrogens is 1. The summed E-state index contributed by atoms with van der Waals surface area (Å²) in [7, 11) is 0. The Labute approximate surface area is 92.0 Å². The third-order valence-electron chi connectivity index (χ3n) is 2.24. The van der Waals surface area contributed by atoms with Crippen LogP contribution >= 0.6 is 11.3 Å². The highest BCUT2D eigenvalue weighted by Crippen LogP contribution is 2.22. The summed E-state index contributed by atoms with van der Waals surface area (Å²) in [5.74, 6) is 0. The summed E-state index contributed by atoms with van der Waals surface area (Å²) in [6.45, 7) is 2.13. The van der Waals surface area contributed by atoms with Gasteiger partial charge < -0.3 is 5.11 Å². The summed E-state index contributed by atoms with van der Waals surface area (Å²) < 4.78 is 0. The molecule has 2 rings (SSSR count). The largest absolute Gasteiger partial charge is 0.386 e. The number of nitrogens with one attached hydrogen (secondary N) is 1. The highest BCUT2D eigenvalue weighted by atomic mass is 32.1. The summed E-state index contributed by atoms with van der Waals surface area (Å²) in [6, 6.07) is 4.17. The smallest absolute Gasteiger partial charge is 0.111 e. The van der Waals surface area contributed by atoms with Crippen LogP contribution in [0.2, 0.25) is 0 Å². The maximum Gasteiger partial charge on any atom is 0.111 e. The van der Waals surface area contributed by atoms with E-state index in [0.717, 1.165) is 6.42 Å². The molecule has 80 valence electrons. The van der Waals surface area contributed by atoms with Crippen LogP contribution in [-0.2, 0) is 12.8 Å². The van der Waals surface area contributed by atoms with Crippen molar-refractivity contribution < 1.29 is 5.11 Å². The molecule has 1 unspecified atom stereocenters. The van der Waals surface area contributed by atoms with Crippen LogP contribution < -0.4 is 0 Å². The number of aliphatic hydroxyl groups excluding tert-OH is 1. The third kappa shape index (κ3) is 2.43. The van der Waals surface area contributed by atoms with Crippen molar-refractivity contribution in [1.29, 1.82) is 0 Å². The minimum Gasteiger partial charge on any atom is -0.386 e. The lowest BCUT2D eigenvalue weighted by Gasteiger charge is -2.03. The Morgan fingerprint density at radius 3 is 2.87 bits per heavy atom. The first-order valence-corrected chi connectivity index (χ1v) is 5.72. The summed E-state index contributed by atoms with van der Waals surface area (Å²) in [6.07, 6.45) is 2.65. The highest BCUT2D eigenvalue weighted by molar-refractivity contribution is 7.11. The van der Waals surface area contributed by atoms with Crippen molar-refractivity contribution in [3.8, 4) is 0 Å². The number of nitrogens with zero attached hydrogens (tertiary/aromatic N) is 2. The van der Waals surface area contributed by atoms with Crippen LogP contribution in [0.15, 0.2) is 18.3 Å². The number of rotatable bonds is 4. The minimum atomic E-state index is -0.563. The first-order chi connectivity index (χ1) is 7.29. The van der Waals surface area contributed by atoms with E-state index in [9.17, 15) is 5.11 Å². The van der Waals surface area contributed by atoms with E-state index < -0.39 is 6.10 Å². The second kappa shape index (κ2) is 4.55. The van der Waals surface area contributed by atoms with E-state index in [0.29, 0.717) is 12.1 Å². The zero-order chi connectivity index (χ0) is 10.7.